The molecule has 0 radical (unpaired) electrons. The maximum Gasteiger partial charge on any atom is 0.254 e. The van der Waals surface area contributed by atoms with Crippen LogP contribution in [-0.2, 0) is 0 Å². The van der Waals surface area contributed by atoms with Crippen molar-refractivity contribution in [3.8, 4) is 0 Å². The van der Waals surface area contributed by atoms with E-state index in [0.717, 1.165) is 25.2 Å². The fourth-order valence-corrected chi connectivity index (χ4v) is 2.28. The lowest BCUT2D eigenvalue weighted by molar-refractivity contribution is 0.0708. The second-order valence-corrected chi connectivity index (χ2v) is 5.00. The van der Waals surface area contributed by atoms with Gasteiger partial charge in [-0.1, -0.05) is 17.7 Å². The van der Waals surface area contributed by atoms with Crippen molar-refractivity contribution in [3.05, 3.63) is 34.3 Å². The molecule has 1 heterocycles. The van der Waals surface area contributed by atoms with Crippen LogP contribution >= 0.6 is 24.0 Å². The van der Waals surface area contributed by atoms with Crippen LogP contribution in [0.2, 0.25) is 5.02 Å². The van der Waals surface area contributed by atoms with Gasteiger partial charge < -0.3 is 10.2 Å². The van der Waals surface area contributed by atoms with Gasteiger partial charge >= 0.3 is 0 Å². The van der Waals surface area contributed by atoms with Crippen LogP contribution in [0.3, 0.4) is 0 Å². The lowest BCUT2D eigenvalue weighted by atomic mass is 10.1. The van der Waals surface area contributed by atoms with Crippen LogP contribution in [0.25, 0.3) is 0 Å². The second-order valence-electron chi connectivity index (χ2n) is 4.57. The van der Waals surface area contributed by atoms with Crippen LogP contribution in [0.4, 0.5) is 0 Å². The summed E-state index contributed by atoms with van der Waals surface area (Å²) >= 11 is 5.95. The van der Waals surface area contributed by atoms with Gasteiger partial charge in [-0.05, 0) is 31.5 Å². The van der Waals surface area contributed by atoms with Crippen LogP contribution in [0, 0.1) is 6.92 Å². The Morgan fingerprint density at radius 3 is 2.89 bits per heavy atom. The van der Waals surface area contributed by atoms with Crippen LogP contribution < -0.4 is 5.32 Å². The second kappa shape index (κ2) is 6.41. The Kier molecular flexibility index (Phi) is 5.45. The molecule has 5 heteroatoms. The lowest BCUT2D eigenvalue weighted by Crippen LogP contribution is -2.51. The minimum Gasteiger partial charge on any atom is -0.336 e. The Hall–Kier alpha value is -0.770. The topological polar surface area (TPSA) is 32.3 Å². The van der Waals surface area contributed by atoms with Gasteiger partial charge in [0.2, 0.25) is 0 Å². The summed E-state index contributed by atoms with van der Waals surface area (Å²) in [6.45, 7) is 6.39. The summed E-state index contributed by atoms with van der Waals surface area (Å²) < 4.78 is 0. The highest BCUT2D eigenvalue weighted by molar-refractivity contribution is 6.31. The van der Waals surface area contributed by atoms with Crippen molar-refractivity contribution in [2.45, 2.75) is 19.9 Å². The average molecular weight is 289 g/mol. The molecular weight excluding hydrogens is 271 g/mol. The first-order chi connectivity index (χ1) is 8.08. The van der Waals surface area contributed by atoms with Crippen molar-refractivity contribution in [1.82, 2.24) is 10.2 Å². The van der Waals surface area contributed by atoms with Gasteiger partial charge in [0.15, 0.2) is 0 Å². The molecule has 1 N–H and O–H groups in total. The molecule has 1 amide bonds. The number of piperazine rings is 1. The average Bonchev–Trinajstić information content (AvgIpc) is 2.31. The minimum absolute atomic E-state index is 0. The number of hydrogen-bond acceptors (Lipinski definition) is 2. The van der Waals surface area contributed by atoms with E-state index in [0.29, 0.717) is 16.6 Å². The summed E-state index contributed by atoms with van der Waals surface area (Å²) in [6, 6.07) is 5.81. The Morgan fingerprint density at radius 1 is 1.50 bits per heavy atom. The molecule has 0 spiro atoms. The molecule has 3 nitrogen and oxygen atoms in total. The van der Waals surface area contributed by atoms with Gasteiger partial charge in [0.1, 0.15) is 0 Å². The van der Waals surface area contributed by atoms with E-state index in [2.05, 4.69) is 12.2 Å². The predicted octanol–water partition coefficient (Wildman–Crippen LogP) is 2.50. The van der Waals surface area contributed by atoms with E-state index in [1.54, 1.807) is 6.07 Å². The third-order valence-electron chi connectivity index (χ3n) is 3.09. The van der Waals surface area contributed by atoms with E-state index in [1.807, 2.05) is 24.0 Å². The summed E-state index contributed by atoms with van der Waals surface area (Å²) in [5.41, 5.74) is 1.69. The molecule has 1 saturated heterocycles. The van der Waals surface area contributed by atoms with Gasteiger partial charge in [-0.3, -0.25) is 4.79 Å². The zero-order valence-corrected chi connectivity index (χ0v) is 12.1. The molecule has 100 valence electrons. The highest BCUT2D eigenvalue weighted by atomic mass is 35.5. The summed E-state index contributed by atoms with van der Waals surface area (Å²) in [6.07, 6.45) is 0. The standard InChI is InChI=1S/C13H17ClN2O.ClH/c1-9-3-4-11(14)7-12(9)13(17)16-6-5-15-10(2)8-16;/h3-4,7,10,15H,5-6,8H2,1-2H3;1H/t10-;/m1./s1. The van der Waals surface area contributed by atoms with E-state index in [9.17, 15) is 4.79 Å². The quantitative estimate of drug-likeness (QED) is 0.861. The third-order valence-corrected chi connectivity index (χ3v) is 3.32. The monoisotopic (exact) mass is 288 g/mol. The summed E-state index contributed by atoms with van der Waals surface area (Å²) in [7, 11) is 0. The highest BCUT2D eigenvalue weighted by Gasteiger charge is 2.22. The Morgan fingerprint density at radius 2 is 2.22 bits per heavy atom. The number of nitrogens with zero attached hydrogens (tertiary/aromatic N) is 1. The maximum atomic E-state index is 12.4. The van der Waals surface area contributed by atoms with E-state index in [1.165, 1.54) is 0 Å². The molecule has 0 saturated carbocycles. The van der Waals surface area contributed by atoms with Crippen molar-refractivity contribution >= 4 is 29.9 Å². The molecular formula is C13H18Cl2N2O. The molecule has 18 heavy (non-hydrogen) atoms. The number of nitrogens with one attached hydrogen (secondary N) is 1. The Balaban J connectivity index is 0.00000162. The summed E-state index contributed by atoms with van der Waals surface area (Å²) in [5, 5.41) is 3.94. The molecule has 1 aliphatic rings. The van der Waals surface area contributed by atoms with E-state index >= 15 is 0 Å². The van der Waals surface area contributed by atoms with Gasteiger partial charge in [-0.2, -0.15) is 0 Å². The van der Waals surface area contributed by atoms with E-state index < -0.39 is 0 Å². The Bertz CT molecular complexity index is 437. The lowest BCUT2D eigenvalue weighted by Gasteiger charge is -2.32. The maximum absolute atomic E-state index is 12.4. The molecule has 1 aliphatic heterocycles. The minimum atomic E-state index is 0. The smallest absolute Gasteiger partial charge is 0.254 e. The van der Waals surface area contributed by atoms with Crippen molar-refractivity contribution < 1.29 is 4.79 Å². The van der Waals surface area contributed by atoms with Gasteiger partial charge in [0.25, 0.3) is 5.91 Å². The molecule has 0 unspecified atom stereocenters. The number of benzene rings is 1. The molecule has 1 aromatic carbocycles. The van der Waals surface area contributed by atoms with Crippen molar-refractivity contribution in [1.29, 1.82) is 0 Å². The van der Waals surface area contributed by atoms with E-state index in [-0.39, 0.29) is 18.3 Å². The van der Waals surface area contributed by atoms with Crippen molar-refractivity contribution in [2.24, 2.45) is 0 Å². The SMILES string of the molecule is Cc1ccc(Cl)cc1C(=O)N1CCN[C@H](C)C1.Cl. The fraction of sp³-hybridized carbons (Fsp3) is 0.462. The van der Waals surface area contributed by atoms with Gasteiger partial charge in [0, 0.05) is 36.3 Å². The summed E-state index contributed by atoms with van der Waals surface area (Å²) in [4.78, 5) is 14.2. The summed E-state index contributed by atoms with van der Waals surface area (Å²) in [5.74, 6) is 0.0818. The first kappa shape index (κ1) is 15.3. The third kappa shape index (κ3) is 3.37. The first-order valence-corrected chi connectivity index (χ1v) is 6.24. The van der Waals surface area contributed by atoms with Gasteiger partial charge in [-0.15, -0.1) is 12.4 Å². The van der Waals surface area contributed by atoms with E-state index in [4.69, 9.17) is 11.6 Å². The highest BCUT2D eigenvalue weighted by Crippen LogP contribution is 2.18. The van der Waals surface area contributed by atoms with Gasteiger partial charge in [-0.25, -0.2) is 0 Å². The molecule has 1 aromatic rings. The number of hydrogen-bond donors (Lipinski definition) is 1. The zero-order chi connectivity index (χ0) is 12.4. The van der Waals surface area contributed by atoms with Gasteiger partial charge in [0.05, 0.1) is 0 Å². The fourth-order valence-electron chi connectivity index (χ4n) is 2.11. The molecule has 0 bridgehead atoms. The molecule has 0 aliphatic carbocycles. The number of rotatable bonds is 1. The largest absolute Gasteiger partial charge is 0.336 e. The zero-order valence-electron chi connectivity index (χ0n) is 10.6. The molecule has 1 fully saturated rings. The molecule has 0 aromatic heterocycles. The van der Waals surface area contributed by atoms with Crippen molar-refractivity contribution in [2.75, 3.05) is 19.6 Å². The normalized spacial score (nSPS) is 19.3. The predicted molar refractivity (Wildman–Crippen MR) is 76.8 cm³/mol. The molecule has 2 rings (SSSR count). The van der Waals surface area contributed by atoms with Crippen LogP contribution in [0.15, 0.2) is 18.2 Å². The number of carbonyl (C=O) groups is 1. The van der Waals surface area contributed by atoms with Crippen LogP contribution in [0.5, 0.6) is 0 Å². The number of amides is 1. The number of halogens is 2. The van der Waals surface area contributed by atoms with Crippen LogP contribution in [-0.4, -0.2) is 36.5 Å². The Labute approximate surface area is 119 Å². The van der Waals surface area contributed by atoms with Crippen molar-refractivity contribution in [3.63, 3.8) is 0 Å². The first-order valence-electron chi connectivity index (χ1n) is 5.87. The molecule has 1 atom stereocenters. The van der Waals surface area contributed by atoms with Crippen LogP contribution in [0.1, 0.15) is 22.8 Å². The number of aryl methyl sites for hydroxylation is 1. The number of carbonyl (C=O) groups excluding carboxylic acids is 1.